The lowest BCUT2D eigenvalue weighted by Crippen LogP contribution is -2.37. The van der Waals surface area contributed by atoms with Crippen molar-refractivity contribution in [2.24, 2.45) is 5.41 Å². The number of benzene rings is 1. The second kappa shape index (κ2) is 4.04. The first-order valence-corrected chi connectivity index (χ1v) is 7.77. The van der Waals surface area contributed by atoms with Crippen molar-refractivity contribution in [3.8, 4) is 0 Å². The summed E-state index contributed by atoms with van der Waals surface area (Å²) >= 11 is 3.24. The summed E-state index contributed by atoms with van der Waals surface area (Å²) in [6, 6.07) is 3.58. The number of aromatic nitrogens is 2. The van der Waals surface area contributed by atoms with E-state index < -0.39 is 5.82 Å². The number of rotatable bonds is 1. The fraction of sp³-hybridized carbons (Fsp3) is 0.429. The molecule has 0 bridgehead atoms. The summed E-state index contributed by atoms with van der Waals surface area (Å²) in [4.78, 5) is 16.1. The first kappa shape index (κ1) is 12.3. The minimum Gasteiger partial charge on any atom is -0.370 e. The molecule has 0 unspecified atom stereocenters. The van der Waals surface area contributed by atoms with E-state index >= 15 is 0 Å². The Morgan fingerprint density at radius 2 is 2.25 bits per heavy atom. The maximum atomic E-state index is 14.3. The highest BCUT2D eigenvalue weighted by atomic mass is 79.9. The van der Waals surface area contributed by atoms with Gasteiger partial charge in [0.15, 0.2) is 5.82 Å². The lowest BCUT2D eigenvalue weighted by Gasteiger charge is -2.28. The van der Waals surface area contributed by atoms with Gasteiger partial charge < -0.3 is 5.32 Å². The van der Waals surface area contributed by atoms with Crippen LogP contribution in [0.5, 0.6) is 0 Å². The van der Waals surface area contributed by atoms with E-state index in [1.165, 1.54) is 0 Å². The first-order valence-electron chi connectivity index (χ1n) is 6.65. The Morgan fingerprint density at radius 3 is 2.95 bits per heavy atom. The number of hydrogen-bond donors (Lipinski definition) is 1. The van der Waals surface area contributed by atoms with Crippen molar-refractivity contribution in [2.75, 3.05) is 11.9 Å². The fourth-order valence-corrected chi connectivity index (χ4v) is 3.35. The Hall–Kier alpha value is -1.43. The van der Waals surface area contributed by atoms with E-state index in [0.29, 0.717) is 28.6 Å². The third kappa shape index (κ3) is 1.63. The number of alkyl halides is 1. The van der Waals surface area contributed by atoms with E-state index in [1.54, 1.807) is 10.6 Å². The van der Waals surface area contributed by atoms with Gasteiger partial charge in [-0.15, -0.1) is 0 Å². The summed E-state index contributed by atoms with van der Waals surface area (Å²) in [6.07, 6.45) is 2.28. The molecule has 2 heterocycles. The first-order chi connectivity index (χ1) is 9.63. The van der Waals surface area contributed by atoms with Gasteiger partial charge in [-0.25, -0.2) is 9.18 Å². The van der Waals surface area contributed by atoms with Crippen LogP contribution in [0.25, 0.3) is 10.9 Å². The summed E-state index contributed by atoms with van der Waals surface area (Å²) < 4.78 is 16.0. The molecule has 20 heavy (non-hydrogen) atoms. The van der Waals surface area contributed by atoms with Gasteiger partial charge >= 0.3 is 5.69 Å². The van der Waals surface area contributed by atoms with E-state index in [4.69, 9.17) is 0 Å². The van der Waals surface area contributed by atoms with E-state index in [9.17, 15) is 9.18 Å². The molecule has 1 fully saturated rings. The Labute approximate surface area is 123 Å². The molecule has 0 radical (unpaired) electrons. The molecule has 0 atom stereocenters. The molecule has 1 spiro atoms. The van der Waals surface area contributed by atoms with Crippen LogP contribution in [0, 0.1) is 11.2 Å². The van der Waals surface area contributed by atoms with Crippen LogP contribution in [0.3, 0.4) is 0 Å². The molecule has 4 nitrogen and oxygen atoms in total. The van der Waals surface area contributed by atoms with Crippen molar-refractivity contribution < 1.29 is 4.39 Å². The lowest BCUT2D eigenvalue weighted by atomic mass is 10.0. The lowest BCUT2D eigenvalue weighted by molar-refractivity contribution is 0.411. The van der Waals surface area contributed by atoms with Crippen molar-refractivity contribution in [2.45, 2.75) is 24.7 Å². The zero-order valence-electron chi connectivity index (χ0n) is 10.7. The number of anilines is 1. The third-order valence-corrected chi connectivity index (χ3v) is 4.99. The average molecular weight is 338 g/mol. The van der Waals surface area contributed by atoms with Gasteiger partial charge in [0.25, 0.3) is 0 Å². The van der Waals surface area contributed by atoms with Crippen molar-refractivity contribution in [3.05, 3.63) is 34.0 Å². The van der Waals surface area contributed by atoms with E-state index in [2.05, 4.69) is 26.2 Å². The average Bonchev–Trinajstić information content (AvgIpc) is 3.20. The third-order valence-electron chi connectivity index (χ3n) is 4.38. The largest absolute Gasteiger partial charge is 0.370 e. The molecule has 1 aliphatic heterocycles. The fourth-order valence-electron chi connectivity index (χ4n) is 2.92. The number of hydrogen-bond acceptors (Lipinski definition) is 3. The van der Waals surface area contributed by atoms with Crippen LogP contribution in [0.1, 0.15) is 18.4 Å². The predicted molar refractivity (Wildman–Crippen MR) is 78.7 cm³/mol. The Balaban J connectivity index is 2.00. The molecule has 1 N–H and O–H groups in total. The van der Waals surface area contributed by atoms with E-state index in [0.717, 1.165) is 19.4 Å². The highest BCUT2D eigenvalue weighted by molar-refractivity contribution is 9.08. The van der Waals surface area contributed by atoms with Gasteiger partial charge in [0.1, 0.15) is 11.3 Å². The maximum Gasteiger partial charge on any atom is 0.349 e. The number of nitrogens with one attached hydrogen (secondary N) is 1. The normalized spacial score (nSPS) is 18.9. The van der Waals surface area contributed by atoms with Crippen LogP contribution in [-0.4, -0.2) is 16.1 Å². The molecule has 1 aromatic carbocycles. The van der Waals surface area contributed by atoms with Gasteiger partial charge in [0.05, 0.1) is 0 Å². The predicted octanol–water partition coefficient (Wildman–Crippen LogP) is 2.64. The van der Waals surface area contributed by atoms with Gasteiger partial charge in [-0.1, -0.05) is 22.0 Å². The van der Waals surface area contributed by atoms with E-state index in [1.807, 2.05) is 6.07 Å². The summed E-state index contributed by atoms with van der Waals surface area (Å²) in [5.74, 6) is 0.297. The number of halogens is 2. The van der Waals surface area contributed by atoms with Crippen LogP contribution in [0.2, 0.25) is 0 Å². The summed E-state index contributed by atoms with van der Waals surface area (Å²) in [6.45, 7) is 1.55. The zero-order valence-corrected chi connectivity index (χ0v) is 12.3. The molecule has 2 aromatic rings. The molecule has 1 aliphatic carbocycles. The minimum absolute atomic E-state index is 0.164. The van der Waals surface area contributed by atoms with Crippen LogP contribution < -0.4 is 11.0 Å². The van der Waals surface area contributed by atoms with Crippen LogP contribution >= 0.6 is 15.9 Å². The van der Waals surface area contributed by atoms with Crippen LogP contribution in [0.4, 0.5) is 10.2 Å². The van der Waals surface area contributed by atoms with Crippen molar-refractivity contribution in [1.29, 1.82) is 0 Å². The topological polar surface area (TPSA) is 46.9 Å². The van der Waals surface area contributed by atoms with Gasteiger partial charge in [-0.3, -0.25) is 4.57 Å². The van der Waals surface area contributed by atoms with Crippen molar-refractivity contribution in [3.63, 3.8) is 0 Å². The Morgan fingerprint density at radius 1 is 1.45 bits per heavy atom. The molecule has 0 amide bonds. The van der Waals surface area contributed by atoms with Crippen LogP contribution in [0.15, 0.2) is 16.9 Å². The molecule has 6 heteroatoms. The quantitative estimate of drug-likeness (QED) is 0.814. The Kier molecular flexibility index (Phi) is 2.49. The standard InChI is InChI=1S/C14H13BrFN3O/c15-5-8-1-2-9-11(10(8)16)18-13(20)19-7-14(3-4-14)6-17-12(9)19/h1-2,17H,3-7H2. The second-order valence-electron chi connectivity index (χ2n) is 5.75. The SMILES string of the molecule is O=c1nc2c(F)c(CBr)ccc2c2n1CC1(CC1)CN2. The Bertz CT molecular complexity index is 782. The smallest absolute Gasteiger partial charge is 0.349 e. The van der Waals surface area contributed by atoms with Crippen molar-refractivity contribution >= 4 is 32.7 Å². The van der Waals surface area contributed by atoms with E-state index in [-0.39, 0.29) is 16.6 Å². The highest BCUT2D eigenvalue weighted by Crippen LogP contribution is 2.49. The molecular formula is C14H13BrFN3O. The molecule has 1 aromatic heterocycles. The van der Waals surface area contributed by atoms with Gasteiger partial charge in [0, 0.05) is 34.8 Å². The minimum atomic E-state index is -0.409. The van der Waals surface area contributed by atoms with Crippen LogP contribution in [-0.2, 0) is 11.9 Å². The summed E-state index contributed by atoms with van der Waals surface area (Å²) in [5.41, 5.74) is 0.540. The maximum absolute atomic E-state index is 14.3. The van der Waals surface area contributed by atoms with Gasteiger partial charge in [-0.2, -0.15) is 4.98 Å². The molecule has 104 valence electrons. The molecule has 4 rings (SSSR count). The number of nitrogens with zero attached hydrogens (tertiary/aromatic N) is 2. The zero-order chi connectivity index (χ0) is 13.9. The monoisotopic (exact) mass is 337 g/mol. The van der Waals surface area contributed by atoms with Gasteiger partial charge in [0.2, 0.25) is 0 Å². The van der Waals surface area contributed by atoms with Crippen molar-refractivity contribution in [1.82, 2.24) is 9.55 Å². The highest BCUT2D eigenvalue weighted by Gasteiger charge is 2.45. The molecule has 2 aliphatic rings. The van der Waals surface area contributed by atoms with Gasteiger partial charge in [-0.05, 0) is 18.9 Å². The summed E-state index contributed by atoms with van der Waals surface area (Å²) in [7, 11) is 0. The molecule has 1 saturated carbocycles. The second-order valence-corrected chi connectivity index (χ2v) is 6.31. The molecular weight excluding hydrogens is 325 g/mol. The molecule has 0 saturated heterocycles. The number of fused-ring (bicyclic) bond motifs is 3. The summed E-state index contributed by atoms with van der Waals surface area (Å²) in [5, 5.41) is 4.40.